The molecule has 126 valence electrons. The fraction of sp³-hybridized carbons (Fsp3) is 0.529. The van der Waals surface area contributed by atoms with Crippen LogP contribution in [-0.2, 0) is 9.53 Å². The fourth-order valence-electron chi connectivity index (χ4n) is 2.30. The molecule has 1 aliphatic rings. The zero-order chi connectivity index (χ0) is 17.2. The first-order valence-electron chi connectivity index (χ1n) is 7.65. The molecule has 0 bridgehead atoms. The van der Waals surface area contributed by atoms with Crippen molar-refractivity contribution in [2.75, 3.05) is 6.54 Å². The predicted octanol–water partition coefficient (Wildman–Crippen LogP) is 3.91. The van der Waals surface area contributed by atoms with Crippen molar-refractivity contribution < 1.29 is 19.4 Å². The summed E-state index contributed by atoms with van der Waals surface area (Å²) in [6, 6.07) is 6.74. The summed E-state index contributed by atoms with van der Waals surface area (Å²) in [4.78, 5) is 25.6. The van der Waals surface area contributed by atoms with E-state index in [0.29, 0.717) is 10.6 Å². The number of carbonyl (C=O) groups is 2. The van der Waals surface area contributed by atoms with Gasteiger partial charge in [0.1, 0.15) is 5.60 Å². The van der Waals surface area contributed by atoms with E-state index in [1.54, 1.807) is 49.9 Å². The molecule has 1 N–H and O–H groups in total. The van der Waals surface area contributed by atoms with Gasteiger partial charge in [-0.2, -0.15) is 0 Å². The summed E-state index contributed by atoms with van der Waals surface area (Å²) in [7, 11) is 0. The number of rotatable bonds is 5. The molecule has 6 heteroatoms. The molecule has 0 spiro atoms. The lowest BCUT2D eigenvalue weighted by Crippen LogP contribution is -2.41. The number of halogens is 1. The highest BCUT2D eigenvalue weighted by molar-refractivity contribution is 6.30. The van der Waals surface area contributed by atoms with E-state index in [2.05, 4.69) is 0 Å². The van der Waals surface area contributed by atoms with E-state index in [1.165, 1.54) is 0 Å². The van der Waals surface area contributed by atoms with Crippen LogP contribution in [0.4, 0.5) is 4.79 Å². The van der Waals surface area contributed by atoms with Crippen molar-refractivity contribution in [1.29, 1.82) is 0 Å². The Kier molecular flexibility index (Phi) is 5.19. The van der Waals surface area contributed by atoms with Gasteiger partial charge in [0.2, 0.25) is 0 Å². The van der Waals surface area contributed by atoms with Gasteiger partial charge in [-0.15, -0.1) is 0 Å². The first kappa shape index (κ1) is 17.6. The van der Waals surface area contributed by atoms with Crippen LogP contribution >= 0.6 is 11.6 Å². The molecule has 1 aromatic carbocycles. The van der Waals surface area contributed by atoms with Crippen LogP contribution in [0.3, 0.4) is 0 Å². The monoisotopic (exact) mass is 339 g/mol. The average molecular weight is 340 g/mol. The molecule has 0 aliphatic heterocycles. The minimum atomic E-state index is -0.971. The summed E-state index contributed by atoms with van der Waals surface area (Å²) in [6.45, 7) is 5.48. The van der Waals surface area contributed by atoms with Crippen LogP contribution in [0.2, 0.25) is 5.02 Å². The normalized spacial score (nSPS) is 15.8. The molecule has 1 unspecified atom stereocenters. The third-order valence-electron chi connectivity index (χ3n) is 3.57. The summed E-state index contributed by atoms with van der Waals surface area (Å²) in [5.74, 6) is -1.78. The van der Waals surface area contributed by atoms with Crippen molar-refractivity contribution in [2.45, 2.75) is 51.2 Å². The highest BCUT2D eigenvalue weighted by Gasteiger charge is 2.38. The van der Waals surface area contributed by atoms with E-state index in [4.69, 9.17) is 16.3 Å². The molecule has 5 nitrogen and oxygen atoms in total. The van der Waals surface area contributed by atoms with Crippen molar-refractivity contribution >= 4 is 23.7 Å². The summed E-state index contributed by atoms with van der Waals surface area (Å²) in [5.41, 5.74) is 0.0135. The second-order valence-corrected chi connectivity index (χ2v) is 7.24. The van der Waals surface area contributed by atoms with E-state index in [1.807, 2.05) is 0 Å². The molecule has 1 fully saturated rings. The van der Waals surface area contributed by atoms with Crippen molar-refractivity contribution in [3.63, 3.8) is 0 Å². The number of carbonyl (C=O) groups excluding carboxylic acids is 1. The van der Waals surface area contributed by atoms with Gasteiger partial charge in [0.25, 0.3) is 0 Å². The number of hydrogen-bond acceptors (Lipinski definition) is 3. The molecule has 1 aliphatic carbocycles. The molecular formula is C17H22ClNO4. The van der Waals surface area contributed by atoms with Gasteiger partial charge in [0, 0.05) is 17.6 Å². The lowest BCUT2D eigenvalue weighted by Gasteiger charge is -2.29. The van der Waals surface area contributed by atoms with Gasteiger partial charge in [-0.3, -0.25) is 4.79 Å². The minimum absolute atomic E-state index is 0.0685. The molecule has 2 rings (SSSR count). The van der Waals surface area contributed by atoms with Gasteiger partial charge in [0.15, 0.2) is 0 Å². The van der Waals surface area contributed by atoms with E-state index in [-0.39, 0.29) is 12.6 Å². The second-order valence-electron chi connectivity index (χ2n) is 6.81. The Labute approximate surface area is 141 Å². The molecule has 0 heterocycles. The number of carboxylic acids is 1. The summed E-state index contributed by atoms with van der Waals surface area (Å²) in [5, 5.41) is 10.1. The molecule has 1 atom stereocenters. The standard InChI is InChI=1S/C17H22ClNO4/c1-17(2,3)23-16(22)19(13-8-9-13)10-14(15(20)21)11-4-6-12(18)7-5-11/h4-7,13-14H,8-10H2,1-3H3,(H,20,21). The minimum Gasteiger partial charge on any atom is -0.481 e. The third kappa shape index (κ3) is 5.13. The number of ether oxygens (including phenoxy) is 1. The number of nitrogens with zero attached hydrogens (tertiary/aromatic N) is 1. The Bertz CT molecular complexity index is 575. The smallest absolute Gasteiger partial charge is 0.410 e. The van der Waals surface area contributed by atoms with Gasteiger partial charge in [-0.25, -0.2) is 4.79 Å². The number of benzene rings is 1. The highest BCUT2D eigenvalue weighted by atomic mass is 35.5. The maximum atomic E-state index is 12.4. The number of carboxylic acid groups (broad SMARTS) is 1. The Hall–Kier alpha value is -1.75. The topological polar surface area (TPSA) is 66.8 Å². The van der Waals surface area contributed by atoms with Crippen LogP contribution in [0.1, 0.15) is 45.1 Å². The maximum absolute atomic E-state index is 12.4. The van der Waals surface area contributed by atoms with Crippen LogP contribution in [0.25, 0.3) is 0 Å². The highest BCUT2D eigenvalue weighted by Crippen LogP contribution is 2.31. The van der Waals surface area contributed by atoms with E-state index >= 15 is 0 Å². The molecule has 0 aromatic heterocycles. The number of amides is 1. The molecule has 1 saturated carbocycles. The molecule has 1 aromatic rings. The number of aliphatic carboxylic acids is 1. The van der Waals surface area contributed by atoms with Crippen LogP contribution in [0.15, 0.2) is 24.3 Å². The van der Waals surface area contributed by atoms with E-state index in [9.17, 15) is 14.7 Å². The Balaban J connectivity index is 2.17. The summed E-state index contributed by atoms with van der Waals surface area (Å²) in [6.07, 6.45) is 1.30. The van der Waals surface area contributed by atoms with Crippen molar-refractivity contribution in [3.8, 4) is 0 Å². The summed E-state index contributed by atoms with van der Waals surface area (Å²) < 4.78 is 5.41. The fourth-order valence-corrected chi connectivity index (χ4v) is 2.42. The van der Waals surface area contributed by atoms with E-state index in [0.717, 1.165) is 12.8 Å². The van der Waals surface area contributed by atoms with Gasteiger partial charge < -0.3 is 14.7 Å². The number of hydrogen-bond donors (Lipinski definition) is 1. The third-order valence-corrected chi connectivity index (χ3v) is 3.82. The first-order valence-corrected chi connectivity index (χ1v) is 8.03. The van der Waals surface area contributed by atoms with Crippen LogP contribution < -0.4 is 0 Å². The molecule has 0 radical (unpaired) electrons. The van der Waals surface area contributed by atoms with Gasteiger partial charge in [-0.05, 0) is 51.3 Å². The SMILES string of the molecule is CC(C)(C)OC(=O)N(CC(C(=O)O)c1ccc(Cl)cc1)C1CC1. The quantitative estimate of drug-likeness (QED) is 0.883. The van der Waals surface area contributed by atoms with Gasteiger partial charge >= 0.3 is 12.1 Å². The van der Waals surface area contributed by atoms with E-state index < -0.39 is 23.6 Å². The predicted molar refractivity (Wildman–Crippen MR) is 87.8 cm³/mol. The lowest BCUT2D eigenvalue weighted by molar-refractivity contribution is -0.139. The van der Waals surface area contributed by atoms with Crippen molar-refractivity contribution in [2.24, 2.45) is 0 Å². The van der Waals surface area contributed by atoms with Gasteiger partial charge in [0.05, 0.1) is 5.92 Å². The molecule has 1 amide bonds. The largest absolute Gasteiger partial charge is 0.481 e. The zero-order valence-corrected chi connectivity index (χ0v) is 14.3. The lowest BCUT2D eigenvalue weighted by atomic mass is 9.98. The molecule has 23 heavy (non-hydrogen) atoms. The van der Waals surface area contributed by atoms with Crippen LogP contribution in [0.5, 0.6) is 0 Å². The maximum Gasteiger partial charge on any atom is 0.410 e. The Morgan fingerprint density at radius 1 is 1.30 bits per heavy atom. The Morgan fingerprint density at radius 3 is 2.30 bits per heavy atom. The average Bonchev–Trinajstić information content (AvgIpc) is 3.23. The first-order chi connectivity index (χ1) is 10.7. The van der Waals surface area contributed by atoms with Gasteiger partial charge in [-0.1, -0.05) is 23.7 Å². The molecular weight excluding hydrogens is 318 g/mol. The van der Waals surface area contributed by atoms with Crippen LogP contribution in [0, 0.1) is 0 Å². The summed E-state index contributed by atoms with van der Waals surface area (Å²) >= 11 is 5.85. The molecule has 0 saturated heterocycles. The zero-order valence-electron chi connectivity index (χ0n) is 13.6. The van der Waals surface area contributed by atoms with Crippen molar-refractivity contribution in [3.05, 3.63) is 34.9 Å². The van der Waals surface area contributed by atoms with Crippen LogP contribution in [-0.4, -0.2) is 40.3 Å². The second kappa shape index (κ2) is 6.79. The van der Waals surface area contributed by atoms with Crippen molar-refractivity contribution in [1.82, 2.24) is 4.90 Å². The Morgan fingerprint density at radius 2 is 1.87 bits per heavy atom.